The van der Waals surface area contributed by atoms with Crippen molar-refractivity contribution in [2.45, 2.75) is 39.7 Å². The summed E-state index contributed by atoms with van der Waals surface area (Å²) in [4.78, 5) is 2.61. The van der Waals surface area contributed by atoms with Gasteiger partial charge in [-0.25, -0.2) is 0 Å². The molecule has 104 valence electrons. The van der Waals surface area contributed by atoms with Gasteiger partial charge in [0.15, 0.2) is 0 Å². The van der Waals surface area contributed by atoms with Crippen LogP contribution in [0.4, 0.5) is 5.69 Å². The second-order valence-corrected chi connectivity index (χ2v) is 6.25. The first kappa shape index (κ1) is 13.0. The van der Waals surface area contributed by atoms with Crippen molar-refractivity contribution in [3.63, 3.8) is 0 Å². The fourth-order valence-electron chi connectivity index (χ4n) is 3.78. The second-order valence-electron chi connectivity index (χ2n) is 6.25. The molecule has 2 unspecified atom stereocenters. The summed E-state index contributed by atoms with van der Waals surface area (Å²) in [6.45, 7) is 9.01. The first-order chi connectivity index (χ1) is 9.28. The number of aryl methyl sites for hydroxylation is 1. The molecule has 1 aliphatic carbocycles. The maximum Gasteiger partial charge on any atom is 0.0369 e. The lowest BCUT2D eigenvalue weighted by Crippen LogP contribution is -2.21. The molecule has 1 aliphatic heterocycles. The molecule has 2 nitrogen and oxygen atoms in total. The average Bonchev–Trinajstić information content (AvgIpc) is 2.98. The van der Waals surface area contributed by atoms with E-state index in [1.54, 1.807) is 0 Å². The van der Waals surface area contributed by atoms with Gasteiger partial charge in [0.2, 0.25) is 0 Å². The first-order valence-corrected chi connectivity index (χ1v) is 7.83. The molecule has 3 rings (SSSR count). The van der Waals surface area contributed by atoms with Gasteiger partial charge in [0, 0.05) is 25.3 Å². The van der Waals surface area contributed by atoms with E-state index in [2.05, 4.69) is 42.3 Å². The lowest BCUT2D eigenvalue weighted by molar-refractivity contribution is 0.494. The Morgan fingerprint density at radius 1 is 1.21 bits per heavy atom. The van der Waals surface area contributed by atoms with Gasteiger partial charge in [-0.1, -0.05) is 19.4 Å². The van der Waals surface area contributed by atoms with Crippen molar-refractivity contribution < 1.29 is 0 Å². The van der Waals surface area contributed by atoms with Gasteiger partial charge in [0.05, 0.1) is 0 Å². The molecule has 1 saturated carbocycles. The van der Waals surface area contributed by atoms with E-state index in [0.717, 1.165) is 24.9 Å². The fraction of sp³-hybridized carbons (Fsp3) is 0.647. The largest absolute Gasteiger partial charge is 0.371 e. The molecule has 0 aromatic heterocycles. The fourth-order valence-corrected chi connectivity index (χ4v) is 3.78. The van der Waals surface area contributed by atoms with Crippen molar-refractivity contribution in [1.29, 1.82) is 0 Å². The van der Waals surface area contributed by atoms with Crippen LogP contribution in [0, 0.1) is 18.8 Å². The highest BCUT2D eigenvalue weighted by molar-refractivity contribution is 5.52. The second kappa shape index (κ2) is 5.54. The number of rotatable bonds is 4. The Hall–Kier alpha value is -1.02. The van der Waals surface area contributed by atoms with Crippen molar-refractivity contribution in [3.05, 3.63) is 29.3 Å². The monoisotopic (exact) mass is 258 g/mol. The van der Waals surface area contributed by atoms with Crippen LogP contribution in [0.15, 0.2) is 18.2 Å². The van der Waals surface area contributed by atoms with Gasteiger partial charge >= 0.3 is 0 Å². The molecular formula is C17H26N2. The van der Waals surface area contributed by atoms with Crippen LogP contribution in [-0.4, -0.2) is 19.6 Å². The summed E-state index contributed by atoms with van der Waals surface area (Å²) in [5.74, 6) is 1.95. The van der Waals surface area contributed by atoms with E-state index < -0.39 is 0 Å². The highest BCUT2D eigenvalue weighted by atomic mass is 15.2. The van der Waals surface area contributed by atoms with E-state index >= 15 is 0 Å². The number of nitrogens with one attached hydrogen (secondary N) is 1. The Bertz CT molecular complexity index is 429. The SMILES string of the molecule is CCNCc1ccc(N2CC3CCCC3C2)cc1C. The number of fused-ring (bicyclic) bond motifs is 1. The summed E-state index contributed by atoms with van der Waals surface area (Å²) in [6, 6.07) is 7.01. The molecule has 19 heavy (non-hydrogen) atoms. The van der Waals surface area contributed by atoms with E-state index in [0.29, 0.717) is 0 Å². The van der Waals surface area contributed by atoms with E-state index in [1.165, 1.54) is 49.2 Å². The van der Waals surface area contributed by atoms with E-state index in [1.807, 2.05) is 0 Å². The lowest BCUT2D eigenvalue weighted by Gasteiger charge is -2.21. The molecule has 2 heteroatoms. The van der Waals surface area contributed by atoms with Gasteiger partial charge in [0.25, 0.3) is 0 Å². The predicted molar refractivity (Wildman–Crippen MR) is 81.6 cm³/mol. The van der Waals surface area contributed by atoms with Crippen LogP contribution in [0.2, 0.25) is 0 Å². The van der Waals surface area contributed by atoms with Gasteiger partial charge in [-0.2, -0.15) is 0 Å². The smallest absolute Gasteiger partial charge is 0.0369 e. The molecule has 1 N–H and O–H groups in total. The molecule has 0 radical (unpaired) electrons. The summed E-state index contributed by atoms with van der Waals surface area (Å²) >= 11 is 0. The van der Waals surface area contributed by atoms with E-state index in [-0.39, 0.29) is 0 Å². The molecule has 0 spiro atoms. The van der Waals surface area contributed by atoms with Crippen LogP contribution in [-0.2, 0) is 6.54 Å². The molecule has 1 aromatic carbocycles. The molecule has 0 bridgehead atoms. The Kier molecular flexibility index (Phi) is 3.79. The topological polar surface area (TPSA) is 15.3 Å². The van der Waals surface area contributed by atoms with Gasteiger partial charge in [-0.05, 0) is 61.4 Å². The maximum atomic E-state index is 3.41. The van der Waals surface area contributed by atoms with Crippen LogP contribution in [0.5, 0.6) is 0 Å². The Labute approximate surface area is 117 Å². The normalized spacial score (nSPS) is 25.9. The molecule has 2 aliphatic rings. The van der Waals surface area contributed by atoms with Crippen LogP contribution in [0.3, 0.4) is 0 Å². The number of hydrogen-bond donors (Lipinski definition) is 1. The van der Waals surface area contributed by atoms with E-state index in [4.69, 9.17) is 0 Å². The zero-order valence-corrected chi connectivity index (χ0v) is 12.3. The summed E-state index contributed by atoms with van der Waals surface area (Å²) in [7, 11) is 0. The van der Waals surface area contributed by atoms with Gasteiger partial charge < -0.3 is 10.2 Å². The number of benzene rings is 1. The minimum Gasteiger partial charge on any atom is -0.371 e. The predicted octanol–water partition coefficient (Wildman–Crippen LogP) is 3.34. The van der Waals surface area contributed by atoms with Crippen molar-refractivity contribution >= 4 is 5.69 Å². The van der Waals surface area contributed by atoms with Crippen molar-refractivity contribution in [2.24, 2.45) is 11.8 Å². The third-order valence-corrected chi connectivity index (χ3v) is 4.98. The van der Waals surface area contributed by atoms with Crippen LogP contribution in [0.25, 0.3) is 0 Å². The Balaban J connectivity index is 1.70. The van der Waals surface area contributed by atoms with Crippen LogP contribution >= 0.6 is 0 Å². The quantitative estimate of drug-likeness (QED) is 0.891. The lowest BCUT2D eigenvalue weighted by atomic mass is 10.0. The standard InChI is InChI=1S/C17H26N2/c1-3-18-10-14-7-8-17(9-13(14)2)19-11-15-5-4-6-16(15)12-19/h7-9,15-16,18H,3-6,10-12H2,1-2H3. The van der Waals surface area contributed by atoms with Gasteiger partial charge in [-0.3, -0.25) is 0 Å². The summed E-state index contributed by atoms with van der Waals surface area (Å²) < 4.78 is 0. The van der Waals surface area contributed by atoms with Gasteiger partial charge in [-0.15, -0.1) is 0 Å². The third kappa shape index (κ3) is 2.64. The molecule has 2 atom stereocenters. The summed E-state index contributed by atoms with van der Waals surface area (Å²) in [5.41, 5.74) is 4.30. The van der Waals surface area contributed by atoms with Crippen molar-refractivity contribution in [3.8, 4) is 0 Å². The summed E-state index contributed by atoms with van der Waals surface area (Å²) in [6.07, 6.45) is 4.38. The van der Waals surface area contributed by atoms with E-state index in [9.17, 15) is 0 Å². The first-order valence-electron chi connectivity index (χ1n) is 7.83. The zero-order chi connectivity index (χ0) is 13.2. The highest BCUT2D eigenvalue weighted by Gasteiger charge is 2.36. The minimum absolute atomic E-state index is 0.974. The molecule has 1 aromatic rings. The number of hydrogen-bond acceptors (Lipinski definition) is 2. The maximum absolute atomic E-state index is 3.41. The molecule has 1 saturated heterocycles. The number of nitrogens with zero attached hydrogens (tertiary/aromatic N) is 1. The molecule has 1 heterocycles. The average molecular weight is 258 g/mol. The third-order valence-electron chi connectivity index (χ3n) is 4.98. The number of anilines is 1. The Morgan fingerprint density at radius 2 is 1.95 bits per heavy atom. The highest BCUT2D eigenvalue weighted by Crippen LogP contribution is 2.39. The Morgan fingerprint density at radius 3 is 2.58 bits per heavy atom. The van der Waals surface area contributed by atoms with Gasteiger partial charge in [0.1, 0.15) is 0 Å². The molecule has 0 amide bonds. The minimum atomic E-state index is 0.974. The molecular weight excluding hydrogens is 232 g/mol. The van der Waals surface area contributed by atoms with Crippen molar-refractivity contribution in [2.75, 3.05) is 24.5 Å². The zero-order valence-electron chi connectivity index (χ0n) is 12.3. The van der Waals surface area contributed by atoms with Crippen molar-refractivity contribution in [1.82, 2.24) is 5.32 Å². The van der Waals surface area contributed by atoms with Crippen LogP contribution in [0.1, 0.15) is 37.3 Å². The summed E-state index contributed by atoms with van der Waals surface area (Å²) in [5, 5.41) is 3.41. The molecule has 2 fully saturated rings. The van der Waals surface area contributed by atoms with Crippen LogP contribution < -0.4 is 10.2 Å².